The standard InChI is InChI=1S/C13H23N3O2/c1-4-14-8-11-5-6-12(18-11)9-17-13-7-10(2)15-16(13)3/h7,11-12,14H,4-6,8-9H2,1-3H3. The highest BCUT2D eigenvalue weighted by Crippen LogP contribution is 2.20. The Labute approximate surface area is 108 Å². The molecular weight excluding hydrogens is 230 g/mol. The molecule has 0 aliphatic carbocycles. The summed E-state index contributed by atoms with van der Waals surface area (Å²) in [5.41, 5.74) is 0.977. The quantitative estimate of drug-likeness (QED) is 0.829. The van der Waals surface area contributed by atoms with Gasteiger partial charge < -0.3 is 14.8 Å². The van der Waals surface area contributed by atoms with Crippen LogP contribution in [0.25, 0.3) is 0 Å². The average Bonchev–Trinajstić information content (AvgIpc) is 2.91. The van der Waals surface area contributed by atoms with Gasteiger partial charge in [-0.2, -0.15) is 5.10 Å². The van der Waals surface area contributed by atoms with Gasteiger partial charge in [0, 0.05) is 19.7 Å². The van der Waals surface area contributed by atoms with E-state index in [0.717, 1.165) is 37.5 Å². The summed E-state index contributed by atoms with van der Waals surface area (Å²) in [6, 6.07) is 1.95. The van der Waals surface area contributed by atoms with Crippen molar-refractivity contribution in [3.05, 3.63) is 11.8 Å². The minimum atomic E-state index is 0.212. The molecule has 0 aromatic carbocycles. The lowest BCUT2D eigenvalue weighted by Crippen LogP contribution is -2.28. The number of rotatable bonds is 6. The monoisotopic (exact) mass is 253 g/mol. The van der Waals surface area contributed by atoms with Gasteiger partial charge in [-0.3, -0.25) is 0 Å². The van der Waals surface area contributed by atoms with Gasteiger partial charge in [0.1, 0.15) is 6.61 Å². The van der Waals surface area contributed by atoms with Gasteiger partial charge >= 0.3 is 0 Å². The summed E-state index contributed by atoms with van der Waals surface area (Å²) in [6.07, 6.45) is 2.74. The first kappa shape index (κ1) is 13.4. The summed E-state index contributed by atoms with van der Waals surface area (Å²) in [5, 5.41) is 7.57. The predicted octanol–water partition coefficient (Wildman–Crippen LogP) is 1.26. The summed E-state index contributed by atoms with van der Waals surface area (Å²) in [4.78, 5) is 0. The van der Waals surface area contributed by atoms with Crippen molar-refractivity contribution in [2.24, 2.45) is 7.05 Å². The van der Waals surface area contributed by atoms with Crippen LogP contribution >= 0.6 is 0 Å². The number of nitrogens with one attached hydrogen (secondary N) is 1. The van der Waals surface area contributed by atoms with Crippen LogP contribution in [-0.2, 0) is 11.8 Å². The Morgan fingerprint density at radius 2 is 2.28 bits per heavy atom. The molecule has 1 aromatic rings. The third-order valence-corrected chi connectivity index (χ3v) is 3.19. The van der Waals surface area contributed by atoms with Crippen LogP contribution in [0.2, 0.25) is 0 Å². The normalized spacial score (nSPS) is 23.5. The van der Waals surface area contributed by atoms with E-state index >= 15 is 0 Å². The molecule has 2 atom stereocenters. The number of nitrogens with zero attached hydrogens (tertiary/aromatic N) is 2. The van der Waals surface area contributed by atoms with Crippen LogP contribution in [0.15, 0.2) is 6.07 Å². The van der Waals surface area contributed by atoms with Gasteiger partial charge in [0.2, 0.25) is 5.88 Å². The van der Waals surface area contributed by atoms with Crippen molar-refractivity contribution in [3.63, 3.8) is 0 Å². The van der Waals surface area contributed by atoms with Crippen LogP contribution in [0.1, 0.15) is 25.5 Å². The minimum Gasteiger partial charge on any atom is -0.475 e. The Morgan fingerprint density at radius 1 is 1.50 bits per heavy atom. The maximum atomic E-state index is 5.91. The molecule has 1 aliphatic rings. The largest absolute Gasteiger partial charge is 0.475 e. The zero-order valence-electron chi connectivity index (χ0n) is 11.5. The highest BCUT2D eigenvalue weighted by molar-refractivity contribution is 5.14. The van der Waals surface area contributed by atoms with E-state index in [1.165, 1.54) is 0 Å². The van der Waals surface area contributed by atoms with Crippen molar-refractivity contribution in [2.45, 2.75) is 38.9 Å². The second-order valence-corrected chi connectivity index (χ2v) is 4.82. The van der Waals surface area contributed by atoms with Crippen molar-refractivity contribution < 1.29 is 9.47 Å². The SMILES string of the molecule is CCNCC1CCC(COc2cc(C)nn2C)O1. The van der Waals surface area contributed by atoms with E-state index in [2.05, 4.69) is 17.3 Å². The van der Waals surface area contributed by atoms with Crippen molar-refractivity contribution in [3.8, 4) is 5.88 Å². The molecule has 0 bridgehead atoms. The number of likely N-dealkylation sites (N-methyl/N-ethyl adjacent to an activating group) is 1. The number of hydrogen-bond acceptors (Lipinski definition) is 4. The molecule has 1 fully saturated rings. The average molecular weight is 253 g/mol. The Balaban J connectivity index is 1.73. The Bertz CT molecular complexity index is 378. The van der Waals surface area contributed by atoms with Gasteiger partial charge in [-0.1, -0.05) is 6.92 Å². The maximum Gasteiger partial charge on any atom is 0.211 e. The van der Waals surface area contributed by atoms with Crippen molar-refractivity contribution in [2.75, 3.05) is 19.7 Å². The van der Waals surface area contributed by atoms with Gasteiger partial charge in [-0.25, -0.2) is 4.68 Å². The fourth-order valence-corrected chi connectivity index (χ4v) is 2.26. The summed E-state index contributed by atoms with van der Waals surface area (Å²) < 4.78 is 13.4. The molecule has 1 aliphatic heterocycles. The molecule has 2 heterocycles. The van der Waals surface area contributed by atoms with Gasteiger partial charge in [0.15, 0.2) is 0 Å². The first-order chi connectivity index (χ1) is 8.69. The predicted molar refractivity (Wildman–Crippen MR) is 69.9 cm³/mol. The number of ether oxygens (including phenoxy) is 2. The van der Waals surface area contributed by atoms with Crippen LogP contribution in [0.5, 0.6) is 5.88 Å². The van der Waals surface area contributed by atoms with E-state index in [-0.39, 0.29) is 6.10 Å². The fraction of sp³-hybridized carbons (Fsp3) is 0.769. The van der Waals surface area contributed by atoms with Crippen LogP contribution in [0.4, 0.5) is 0 Å². The molecule has 5 heteroatoms. The fourth-order valence-electron chi connectivity index (χ4n) is 2.26. The van der Waals surface area contributed by atoms with Crippen LogP contribution in [0.3, 0.4) is 0 Å². The first-order valence-electron chi connectivity index (χ1n) is 6.68. The van der Waals surface area contributed by atoms with E-state index in [4.69, 9.17) is 9.47 Å². The van der Waals surface area contributed by atoms with Gasteiger partial charge in [0.25, 0.3) is 0 Å². The zero-order chi connectivity index (χ0) is 13.0. The summed E-state index contributed by atoms with van der Waals surface area (Å²) in [6.45, 7) is 6.63. The van der Waals surface area contributed by atoms with Crippen molar-refractivity contribution >= 4 is 0 Å². The highest BCUT2D eigenvalue weighted by Gasteiger charge is 2.25. The van der Waals surface area contributed by atoms with E-state index < -0.39 is 0 Å². The lowest BCUT2D eigenvalue weighted by molar-refractivity contribution is 0.0170. The molecule has 0 saturated carbocycles. The number of aryl methyl sites for hydroxylation is 2. The molecule has 1 N–H and O–H groups in total. The molecule has 0 amide bonds. The van der Waals surface area contributed by atoms with Crippen molar-refractivity contribution in [1.82, 2.24) is 15.1 Å². The zero-order valence-corrected chi connectivity index (χ0v) is 11.5. The molecule has 102 valence electrons. The lowest BCUT2D eigenvalue weighted by atomic mass is 10.2. The third kappa shape index (κ3) is 3.46. The Kier molecular flexibility index (Phi) is 4.60. The summed E-state index contributed by atoms with van der Waals surface area (Å²) in [7, 11) is 1.89. The molecule has 0 radical (unpaired) electrons. The lowest BCUT2D eigenvalue weighted by Gasteiger charge is -2.14. The molecule has 1 saturated heterocycles. The van der Waals surface area contributed by atoms with Gasteiger partial charge in [-0.05, 0) is 26.3 Å². The van der Waals surface area contributed by atoms with Crippen LogP contribution < -0.4 is 10.1 Å². The third-order valence-electron chi connectivity index (χ3n) is 3.19. The first-order valence-corrected chi connectivity index (χ1v) is 6.68. The van der Waals surface area contributed by atoms with E-state index in [9.17, 15) is 0 Å². The molecule has 0 spiro atoms. The Hall–Kier alpha value is -1.07. The summed E-state index contributed by atoms with van der Waals surface area (Å²) >= 11 is 0. The number of hydrogen-bond donors (Lipinski definition) is 1. The highest BCUT2D eigenvalue weighted by atomic mass is 16.5. The maximum absolute atomic E-state index is 5.91. The number of aromatic nitrogens is 2. The van der Waals surface area contributed by atoms with Crippen molar-refractivity contribution in [1.29, 1.82) is 0 Å². The minimum absolute atomic E-state index is 0.212. The van der Waals surface area contributed by atoms with Gasteiger partial charge in [0.05, 0.1) is 17.9 Å². The van der Waals surface area contributed by atoms with Crippen LogP contribution in [-0.4, -0.2) is 41.7 Å². The Morgan fingerprint density at radius 3 is 2.94 bits per heavy atom. The van der Waals surface area contributed by atoms with E-state index in [0.29, 0.717) is 12.7 Å². The van der Waals surface area contributed by atoms with Crippen LogP contribution in [0, 0.1) is 6.92 Å². The smallest absolute Gasteiger partial charge is 0.211 e. The van der Waals surface area contributed by atoms with E-state index in [1.54, 1.807) is 4.68 Å². The van der Waals surface area contributed by atoms with E-state index in [1.807, 2.05) is 20.0 Å². The molecule has 2 unspecified atom stereocenters. The second-order valence-electron chi connectivity index (χ2n) is 4.82. The topological polar surface area (TPSA) is 48.3 Å². The van der Waals surface area contributed by atoms with Gasteiger partial charge in [-0.15, -0.1) is 0 Å². The molecule has 2 rings (SSSR count). The molecular formula is C13H23N3O2. The molecule has 5 nitrogen and oxygen atoms in total. The molecule has 18 heavy (non-hydrogen) atoms. The second kappa shape index (κ2) is 6.20. The summed E-state index contributed by atoms with van der Waals surface area (Å²) in [5.74, 6) is 0.811. The molecule has 1 aromatic heterocycles.